The van der Waals surface area contributed by atoms with Crippen molar-refractivity contribution in [2.75, 3.05) is 11.9 Å². The van der Waals surface area contributed by atoms with Crippen LogP contribution in [0.4, 0.5) is 5.69 Å². The number of sulfonamides is 1. The second kappa shape index (κ2) is 9.62. The Hall–Kier alpha value is -3.71. The van der Waals surface area contributed by atoms with Crippen LogP contribution in [0.5, 0.6) is 0 Å². The standard InChI is InChI=1S/C25H23N3O3S/c29-25(15-14-19-7-4-10-21(17-19)20-8-2-1-3-9-20)27-22-11-5-12-23(18-22)32(30,31)28-24-13-6-16-26-24/h1-5,7-12,14-15,17-18H,6,13,16H2,(H,26,28)(H,27,29)/b15-14+. The van der Waals surface area contributed by atoms with Crippen molar-refractivity contribution in [3.8, 4) is 11.1 Å². The van der Waals surface area contributed by atoms with E-state index in [0.717, 1.165) is 23.1 Å². The normalized spacial score (nSPS) is 13.7. The first-order chi connectivity index (χ1) is 15.5. The average molecular weight is 446 g/mol. The van der Waals surface area contributed by atoms with E-state index >= 15 is 0 Å². The number of amidine groups is 1. The number of anilines is 1. The number of nitrogens with zero attached hydrogens (tertiary/aromatic N) is 1. The first kappa shape index (κ1) is 21.5. The highest BCUT2D eigenvalue weighted by Gasteiger charge is 2.18. The molecule has 0 saturated carbocycles. The molecule has 2 N–H and O–H groups in total. The van der Waals surface area contributed by atoms with Crippen molar-refractivity contribution in [2.24, 2.45) is 4.99 Å². The Morgan fingerprint density at radius 3 is 2.47 bits per heavy atom. The van der Waals surface area contributed by atoms with E-state index in [4.69, 9.17) is 0 Å². The maximum Gasteiger partial charge on any atom is 0.262 e. The number of benzene rings is 3. The lowest BCUT2D eigenvalue weighted by Gasteiger charge is -2.09. The molecule has 6 nitrogen and oxygen atoms in total. The molecule has 0 aliphatic carbocycles. The number of amides is 1. The Labute approximate surface area is 187 Å². The van der Waals surface area contributed by atoms with Crippen LogP contribution in [-0.4, -0.2) is 26.7 Å². The molecule has 0 fully saturated rings. The largest absolute Gasteiger partial charge is 0.322 e. The Morgan fingerprint density at radius 1 is 0.906 bits per heavy atom. The summed E-state index contributed by atoms with van der Waals surface area (Å²) in [4.78, 5) is 16.6. The minimum atomic E-state index is -3.74. The molecule has 3 aromatic carbocycles. The fraction of sp³-hybridized carbons (Fsp3) is 0.120. The summed E-state index contributed by atoms with van der Waals surface area (Å²) in [5.41, 5.74) is 3.45. The van der Waals surface area contributed by atoms with E-state index in [0.29, 0.717) is 24.5 Å². The zero-order chi connectivity index (χ0) is 22.4. The van der Waals surface area contributed by atoms with Crippen LogP contribution in [0.2, 0.25) is 0 Å². The van der Waals surface area contributed by atoms with Gasteiger partial charge in [-0.2, -0.15) is 0 Å². The molecule has 32 heavy (non-hydrogen) atoms. The van der Waals surface area contributed by atoms with E-state index < -0.39 is 10.0 Å². The van der Waals surface area contributed by atoms with Crippen LogP contribution in [0.1, 0.15) is 18.4 Å². The van der Waals surface area contributed by atoms with Crippen LogP contribution >= 0.6 is 0 Å². The van der Waals surface area contributed by atoms with Gasteiger partial charge in [0.2, 0.25) is 5.91 Å². The molecule has 1 heterocycles. The molecular formula is C25H23N3O3S. The quantitative estimate of drug-likeness (QED) is 0.549. The maximum atomic E-state index is 12.6. The van der Waals surface area contributed by atoms with Crippen LogP contribution in [0.15, 0.2) is 94.8 Å². The SMILES string of the molecule is O=C(/C=C/c1cccc(-c2ccccc2)c1)Nc1cccc(S(=O)(=O)NC2=NCCC2)c1. The number of rotatable bonds is 6. The predicted molar refractivity (Wildman–Crippen MR) is 128 cm³/mol. The zero-order valence-corrected chi connectivity index (χ0v) is 18.2. The zero-order valence-electron chi connectivity index (χ0n) is 17.4. The molecule has 3 aromatic rings. The van der Waals surface area contributed by atoms with Gasteiger partial charge in [-0.1, -0.05) is 54.6 Å². The number of carbonyl (C=O) groups is 1. The lowest BCUT2D eigenvalue weighted by atomic mass is 10.0. The predicted octanol–water partition coefficient (Wildman–Crippen LogP) is 4.48. The lowest BCUT2D eigenvalue weighted by Crippen LogP contribution is -2.29. The summed E-state index contributed by atoms with van der Waals surface area (Å²) in [7, 11) is -3.74. The summed E-state index contributed by atoms with van der Waals surface area (Å²) in [5, 5.41) is 2.72. The molecule has 7 heteroatoms. The molecule has 0 saturated heterocycles. The van der Waals surface area contributed by atoms with E-state index in [1.54, 1.807) is 18.2 Å². The number of hydrogen-bond acceptors (Lipinski definition) is 4. The van der Waals surface area contributed by atoms with Gasteiger partial charge in [0.15, 0.2) is 0 Å². The minimum Gasteiger partial charge on any atom is -0.322 e. The van der Waals surface area contributed by atoms with Gasteiger partial charge < -0.3 is 5.32 Å². The molecule has 0 unspecified atom stereocenters. The van der Waals surface area contributed by atoms with Crippen LogP contribution in [-0.2, 0) is 14.8 Å². The van der Waals surface area contributed by atoms with Gasteiger partial charge in [-0.25, -0.2) is 8.42 Å². The summed E-state index contributed by atoms with van der Waals surface area (Å²) >= 11 is 0. The summed E-state index contributed by atoms with van der Waals surface area (Å²) in [6.07, 6.45) is 4.61. The van der Waals surface area contributed by atoms with Gasteiger partial charge in [0.05, 0.1) is 4.90 Å². The molecule has 1 amide bonds. The first-order valence-electron chi connectivity index (χ1n) is 10.3. The highest BCUT2D eigenvalue weighted by atomic mass is 32.2. The first-order valence-corrected chi connectivity index (χ1v) is 11.8. The van der Waals surface area contributed by atoms with Gasteiger partial charge in [0, 0.05) is 24.7 Å². The second-order valence-corrected chi connectivity index (χ2v) is 9.06. The van der Waals surface area contributed by atoms with Crippen LogP contribution in [0, 0.1) is 0 Å². The van der Waals surface area contributed by atoms with Gasteiger partial charge in [-0.05, 0) is 53.5 Å². The van der Waals surface area contributed by atoms with Gasteiger partial charge in [0.25, 0.3) is 10.0 Å². The Kier molecular flexibility index (Phi) is 6.47. The summed E-state index contributed by atoms with van der Waals surface area (Å²) in [6, 6.07) is 24.0. The maximum absolute atomic E-state index is 12.6. The van der Waals surface area contributed by atoms with Crippen LogP contribution in [0.25, 0.3) is 17.2 Å². The Balaban J connectivity index is 1.43. The molecule has 1 aliphatic rings. The monoisotopic (exact) mass is 445 g/mol. The summed E-state index contributed by atoms with van der Waals surface area (Å²) < 4.78 is 27.6. The smallest absolute Gasteiger partial charge is 0.262 e. The van der Waals surface area contributed by atoms with Crippen molar-refractivity contribution in [1.82, 2.24) is 4.72 Å². The fourth-order valence-corrected chi connectivity index (χ4v) is 4.52. The summed E-state index contributed by atoms with van der Waals surface area (Å²) in [5.74, 6) is 0.123. The number of nitrogens with one attached hydrogen (secondary N) is 2. The molecule has 0 aromatic heterocycles. The van der Waals surface area contributed by atoms with Gasteiger partial charge in [-0.3, -0.25) is 14.5 Å². The molecule has 0 radical (unpaired) electrons. The molecular weight excluding hydrogens is 422 g/mol. The van der Waals surface area contributed by atoms with Crippen molar-refractivity contribution >= 4 is 33.5 Å². The van der Waals surface area contributed by atoms with E-state index in [2.05, 4.69) is 15.0 Å². The molecule has 0 atom stereocenters. The lowest BCUT2D eigenvalue weighted by molar-refractivity contribution is -0.111. The van der Waals surface area contributed by atoms with E-state index in [1.165, 1.54) is 18.2 Å². The average Bonchev–Trinajstić information content (AvgIpc) is 3.31. The topological polar surface area (TPSA) is 87.6 Å². The third kappa shape index (κ3) is 5.50. The Bertz CT molecular complexity index is 1280. The van der Waals surface area contributed by atoms with Crippen molar-refractivity contribution in [1.29, 1.82) is 0 Å². The van der Waals surface area contributed by atoms with Crippen LogP contribution < -0.4 is 10.0 Å². The van der Waals surface area contributed by atoms with E-state index in [-0.39, 0.29) is 10.8 Å². The number of carbonyl (C=O) groups excluding carboxylic acids is 1. The highest BCUT2D eigenvalue weighted by Crippen LogP contribution is 2.21. The molecule has 0 bridgehead atoms. The third-order valence-corrected chi connectivity index (χ3v) is 6.34. The number of aliphatic imine (C=N–C) groups is 1. The number of hydrogen-bond donors (Lipinski definition) is 2. The van der Waals surface area contributed by atoms with Gasteiger partial charge in [0.1, 0.15) is 5.84 Å². The van der Waals surface area contributed by atoms with Crippen molar-refractivity contribution in [3.63, 3.8) is 0 Å². The van der Waals surface area contributed by atoms with Gasteiger partial charge >= 0.3 is 0 Å². The Morgan fingerprint density at radius 2 is 1.69 bits per heavy atom. The third-order valence-electron chi connectivity index (χ3n) is 4.96. The summed E-state index contributed by atoms with van der Waals surface area (Å²) in [6.45, 7) is 0.633. The minimum absolute atomic E-state index is 0.0736. The fourth-order valence-electron chi connectivity index (χ4n) is 3.39. The van der Waals surface area contributed by atoms with Crippen LogP contribution in [0.3, 0.4) is 0 Å². The van der Waals surface area contributed by atoms with Crippen molar-refractivity contribution < 1.29 is 13.2 Å². The van der Waals surface area contributed by atoms with E-state index in [9.17, 15) is 13.2 Å². The second-order valence-electron chi connectivity index (χ2n) is 7.38. The van der Waals surface area contributed by atoms with E-state index in [1.807, 2.05) is 54.6 Å². The molecule has 1 aliphatic heterocycles. The highest BCUT2D eigenvalue weighted by molar-refractivity contribution is 7.90. The molecule has 4 rings (SSSR count). The molecule has 0 spiro atoms. The van der Waals surface area contributed by atoms with Crippen molar-refractivity contribution in [3.05, 3.63) is 90.5 Å². The molecule has 162 valence electrons. The van der Waals surface area contributed by atoms with Gasteiger partial charge in [-0.15, -0.1) is 0 Å². The van der Waals surface area contributed by atoms with Crippen molar-refractivity contribution in [2.45, 2.75) is 17.7 Å².